The van der Waals surface area contributed by atoms with Crippen molar-refractivity contribution in [3.63, 3.8) is 0 Å². The summed E-state index contributed by atoms with van der Waals surface area (Å²) in [6.45, 7) is 7.31. The Kier molecular flexibility index (Phi) is 4.41. The second kappa shape index (κ2) is 6.31. The van der Waals surface area contributed by atoms with Gasteiger partial charge in [0.15, 0.2) is 0 Å². The van der Waals surface area contributed by atoms with E-state index in [1.54, 1.807) is 11.3 Å². The van der Waals surface area contributed by atoms with Crippen LogP contribution in [-0.2, 0) is 0 Å². The molecule has 3 nitrogen and oxygen atoms in total. The van der Waals surface area contributed by atoms with Crippen LogP contribution < -0.4 is 4.90 Å². The Bertz CT molecular complexity index is 670. The fourth-order valence-corrected chi connectivity index (χ4v) is 3.86. The summed E-state index contributed by atoms with van der Waals surface area (Å²) in [5.41, 5.74) is 2.33. The van der Waals surface area contributed by atoms with Gasteiger partial charge in [-0.3, -0.25) is 4.79 Å². The molecule has 22 heavy (non-hydrogen) atoms. The summed E-state index contributed by atoms with van der Waals surface area (Å²) >= 11 is 7.64. The van der Waals surface area contributed by atoms with Gasteiger partial charge in [-0.1, -0.05) is 17.7 Å². The summed E-state index contributed by atoms with van der Waals surface area (Å²) in [6.07, 6.45) is 0. The van der Waals surface area contributed by atoms with E-state index in [0.717, 1.165) is 41.8 Å². The van der Waals surface area contributed by atoms with Gasteiger partial charge < -0.3 is 9.80 Å². The monoisotopic (exact) mass is 334 g/mol. The lowest BCUT2D eigenvalue weighted by atomic mass is 10.2. The van der Waals surface area contributed by atoms with E-state index < -0.39 is 0 Å². The molecule has 116 valence electrons. The van der Waals surface area contributed by atoms with Crippen LogP contribution in [0.2, 0.25) is 5.02 Å². The molecule has 1 aliphatic heterocycles. The lowest BCUT2D eigenvalue weighted by Crippen LogP contribution is -2.48. The first-order valence-electron chi connectivity index (χ1n) is 7.41. The SMILES string of the molecule is Cc1cc(C(=O)N2CCN(c3cccc(Cl)c3)CC2)sc1C. The van der Waals surface area contributed by atoms with Crippen LogP contribution in [0.4, 0.5) is 5.69 Å². The minimum atomic E-state index is 0.159. The number of carbonyl (C=O) groups is 1. The van der Waals surface area contributed by atoms with Gasteiger partial charge in [-0.25, -0.2) is 0 Å². The van der Waals surface area contributed by atoms with Crippen LogP contribution in [0, 0.1) is 13.8 Å². The van der Waals surface area contributed by atoms with Crippen molar-refractivity contribution >= 4 is 34.5 Å². The molecule has 1 aliphatic rings. The molecular formula is C17H19ClN2OS. The Morgan fingerprint density at radius 2 is 1.86 bits per heavy atom. The molecule has 0 atom stereocenters. The number of benzene rings is 1. The molecule has 0 N–H and O–H groups in total. The summed E-state index contributed by atoms with van der Waals surface area (Å²) in [4.78, 5) is 18.9. The van der Waals surface area contributed by atoms with E-state index in [9.17, 15) is 4.79 Å². The Balaban J connectivity index is 1.65. The van der Waals surface area contributed by atoms with Gasteiger partial charge in [0.05, 0.1) is 4.88 Å². The quantitative estimate of drug-likeness (QED) is 0.829. The Morgan fingerprint density at radius 3 is 2.45 bits per heavy atom. The zero-order chi connectivity index (χ0) is 15.7. The van der Waals surface area contributed by atoms with Crippen LogP contribution in [0.15, 0.2) is 30.3 Å². The van der Waals surface area contributed by atoms with Crippen molar-refractivity contribution in [1.82, 2.24) is 4.90 Å². The predicted molar refractivity (Wildman–Crippen MR) is 93.4 cm³/mol. The highest BCUT2D eigenvalue weighted by atomic mass is 35.5. The summed E-state index contributed by atoms with van der Waals surface area (Å²) in [6, 6.07) is 9.89. The van der Waals surface area contributed by atoms with Crippen LogP contribution >= 0.6 is 22.9 Å². The van der Waals surface area contributed by atoms with Gasteiger partial charge in [-0.15, -0.1) is 11.3 Å². The largest absolute Gasteiger partial charge is 0.368 e. The minimum Gasteiger partial charge on any atom is -0.368 e. The van der Waals surface area contributed by atoms with E-state index in [2.05, 4.69) is 24.8 Å². The summed E-state index contributed by atoms with van der Waals surface area (Å²) < 4.78 is 0. The van der Waals surface area contributed by atoms with Crippen molar-refractivity contribution in [2.75, 3.05) is 31.1 Å². The summed E-state index contributed by atoms with van der Waals surface area (Å²) in [5, 5.41) is 0.751. The van der Waals surface area contributed by atoms with Crippen LogP contribution in [0.1, 0.15) is 20.1 Å². The highest BCUT2D eigenvalue weighted by Gasteiger charge is 2.23. The lowest BCUT2D eigenvalue weighted by Gasteiger charge is -2.36. The first-order valence-corrected chi connectivity index (χ1v) is 8.61. The fraction of sp³-hybridized carbons (Fsp3) is 0.353. The Labute approximate surface area is 140 Å². The van der Waals surface area contributed by atoms with Crippen molar-refractivity contribution in [2.45, 2.75) is 13.8 Å². The van der Waals surface area contributed by atoms with Gasteiger partial charge in [-0.05, 0) is 43.7 Å². The Morgan fingerprint density at radius 1 is 1.14 bits per heavy atom. The molecule has 5 heteroatoms. The van der Waals surface area contributed by atoms with Gasteiger partial charge in [0.1, 0.15) is 0 Å². The van der Waals surface area contributed by atoms with Gasteiger partial charge in [0.25, 0.3) is 5.91 Å². The number of piperazine rings is 1. The lowest BCUT2D eigenvalue weighted by molar-refractivity contribution is 0.0751. The van der Waals surface area contributed by atoms with Crippen molar-refractivity contribution in [2.24, 2.45) is 0 Å². The van der Waals surface area contributed by atoms with Crippen LogP contribution in [0.25, 0.3) is 0 Å². The maximum Gasteiger partial charge on any atom is 0.264 e. The maximum absolute atomic E-state index is 12.6. The van der Waals surface area contributed by atoms with E-state index in [1.807, 2.05) is 29.2 Å². The average Bonchev–Trinajstić information content (AvgIpc) is 2.86. The molecule has 3 rings (SSSR count). The van der Waals surface area contributed by atoms with Gasteiger partial charge >= 0.3 is 0 Å². The molecule has 1 fully saturated rings. The van der Waals surface area contributed by atoms with Crippen molar-refractivity contribution < 1.29 is 4.79 Å². The minimum absolute atomic E-state index is 0.159. The number of aryl methyl sites for hydroxylation is 2. The molecule has 0 bridgehead atoms. The van der Waals surface area contributed by atoms with Crippen LogP contribution in [0.5, 0.6) is 0 Å². The third-order valence-electron chi connectivity index (χ3n) is 4.12. The third-order valence-corrected chi connectivity index (χ3v) is 5.49. The van der Waals surface area contributed by atoms with E-state index in [0.29, 0.717) is 0 Å². The zero-order valence-electron chi connectivity index (χ0n) is 12.8. The molecular weight excluding hydrogens is 316 g/mol. The number of carbonyl (C=O) groups excluding carboxylic acids is 1. The van der Waals surface area contributed by atoms with Gasteiger partial charge in [0, 0.05) is 41.8 Å². The average molecular weight is 335 g/mol. The topological polar surface area (TPSA) is 23.6 Å². The molecule has 0 saturated carbocycles. The number of nitrogens with zero attached hydrogens (tertiary/aromatic N) is 2. The van der Waals surface area contributed by atoms with E-state index in [4.69, 9.17) is 11.6 Å². The fourth-order valence-electron chi connectivity index (χ4n) is 2.67. The molecule has 0 radical (unpaired) electrons. The van der Waals surface area contributed by atoms with Crippen molar-refractivity contribution in [3.05, 3.63) is 50.7 Å². The first-order chi connectivity index (χ1) is 10.5. The summed E-state index contributed by atoms with van der Waals surface area (Å²) in [7, 11) is 0. The van der Waals surface area contributed by atoms with E-state index >= 15 is 0 Å². The second-order valence-electron chi connectivity index (χ2n) is 5.61. The predicted octanol–water partition coefficient (Wildman–Crippen LogP) is 3.98. The number of rotatable bonds is 2. The standard InChI is InChI=1S/C17H19ClN2OS/c1-12-10-16(22-13(12)2)17(21)20-8-6-19(7-9-20)15-5-3-4-14(18)11-15/h3-5,10-11H,6-9H2,1-2H3. The number of amides is 1. The number of thiophene rings is 1. The number of halogens is 1. The van der Waals surface area contributed by atoms with Crippen molar-refractivity contribution in [3.8, 4) is 0 Å². The normalized spacial score (nSPS) is 15.2. The molecule has 1 aromatic carbocycles. The van der Waals surface area contributed by atoms with E-state index in [-0.39, 0.29) is 5.91 Å². The molecule has 2 heterocycles. The molecule has 1 saturated heterocycles. The molecule has 0 unspecified atom stereocenters. The smallest absolute Gasteiger partial charge is 0.264 e. The van der Waals surface area contributed by atoms with Gasteiger partial charge in [0.2, 0.25) is 0 Å². The summed E-state index contributed by atoms with van der Waals surface area (Å²) in [5.74, 6) is 0.159. The molecule has 1 aromatic heterocycles. The molecule has 0 spiro atoms. The number of hydrogen-bond acceptors (Lipinski definition) is 3. The van der Waals surface area contributed by atoms with E-state index in [1.165, 1.54) is 10.4 Å². The number of anilines is 1. The second-order valence-corrected chi connectivity index (χ2v) is 7.30. The van der Waals surface area contributed by atoms with Crippen LogP contribution in [-0.4, -0.2) is 37.0 Å². The third kappa shape index (κ3) is 3.13. The number of hydrogen-bond donors (Lipinski definition) is 0. The van der Waals surface area contributed by atoms with Crippen molar-refractivity contribution in [1.29, 1.82) is 0 Å². The first kappa shape index (κ1) is 15.4. The highest BCUT2D eigenvalue weighted by molar-refractivity contribution is 7.14. The highest BCUT2D eigenvalue weighted by Crippen LogP contribution is 2.24. The van der Waals surface area contributed by atoms with Gasteiger partial charge in [-0.2, -0.15) is 0 Å². The molecule has 1 amide bonds. The van der Waals surface area contributed by atoms with Crippen LogP contribution in [0.3, 0.4) is 0 Å². The zero-order valence-corrected chi connectivity index (χ0v) is 14.4. The molecule has 2 aromatic rings. The molecule has 0 aliphatic carbocycles. The maximum atomic E-state index is 12.6. The Hall–Kier alpha value is -1.52.